The van der Waals surface area contributed by atoms with E-state index < -0.39 is 9.84 Å². The first-order valence-corrected chi connectivity index (χ1v) is 10.9. The normalized spacial score (nSPS) is 14.0. The van der Waals surface area contributed by atoms with Crippen LogP contribution < -0.4 is 5.32 Å². The van der Waals surface area contributed by atoms with E-state index in [2.05, 4.69) is 10.4 Å². The Morgan fingerprint density at radius 1 is 1.11 bits per heavy atom. The molecule has 0 bridgehead atoms. The van der Waals surface area contributed by atoms with E-state index in [0.29, 0.717) is 17.3 Å². The standard InChI is InChI=1S/C21H21N3O3S/c1-2-28(26,27)18-12-10-16(11-13-18)22-21(25)20-14-19(15-8-9-15)23-24(20)17-6-4-3-5-7-17/h3-7,10-15H,2,8-9H2,1H3,(H,22,25). The van der Waals surface area contributed by atoms with Crippen molar-refractivity contribution >= 4 is 21.4 Å². The molecule has 0 saturated heterocycles. The van der Waals surface area contributed by atoms with Crippen molar-refractivity contribution in [1.29, 1.82) is 0 Å². The fourth-order valence-corrected chi connectivity index (χ4v) is 3.90. The number of anilines is 1. The maximum atomic E-state index is 12.9. The van der Waals surface area contributed by atoms with Crippen LogP contribution in [0.2, 0.25) is 0 Å². The summed E-state index contributed by atoms with van der Waals surface area (Å²) in [4.78, 5) is 13.2. The van der Waals surface area contributed by atoms with Crippen molar-refractivity contribution in [1.82, 2.24) is 9.78 Å². The van der Waals surface area contributed by atoms with Crippen LogP contribution in [0.3, 0.4) is 0 Å². The molecule has 0 aliphatic heterocycles. The number of nitrogens with zero attached hydrogens (tertiary/aromatic N) is 2. The average molecular weight is 395 g/mol. The largest absolute Gasteiger partial charge is 0.321 e. The Labute approximate surface area is 164 Å². The zero-order valence-electron chi connectivity index (χ0n) is 15.5. The van der Waals surface area contributed by atoms with Crippen molar-refractivity contribution in [3.05, 3.63) is 72.1 Å². The number of amides is 1. The highest BCUT2D eigenvalue weighted by Gasteiger charge is 2.29. The van der Waals surface area contributed by atoms with Gasteiger partial charge in [0.2, 0.25) is 0 Å². The summed E-state index contributed by atoms with van der Waals surface area (Å²) in [6.07, 6.45) is 2.19. The van der Waals surface area contributed by atoms with Gasteiger partial charge in [-0.15, -0.1) is 0 Å². The number of carbonyl (C=O) groups excluding carboxylic acids is 1. The van der Waals surface area contributed by atoms with E-state index in [9.17, 15) is 13.2 Å². The Bertz CT molecular complexity index is 1100. The van der Waals surface area contributed by atoms with Crippen LogP contribution in [-0.2, 0) is 9.84 Å². The van der Waals surface area contributed by atoms with E-state index in [-0.39, 0.29) is 16.6 Å². The van der Waals surface area contributed by atoms with Gasteiger partial charge in [-0.05, 0) is 55.3 Å². The van der Waals surface area contributed by atoms with Gasteiger partial charge in [-0.1, -0.05) is 25.1 Å². The summed E-state index contributed by atoms with van der Waals surface area (Å²) >= 11 is 0. The number of hydrogen-bond donors (Lipinski definition) is 1. The minimum Gasteiger partial charge on any atom is -0.321 e. The van der Waals surface area contributed by atoms with Gasteiger partial charge in [0.25, 0.3) is 5.91 Å². The number of para-hydroxylation sites is 1. The summed E-state index contributed by atoms with van der Waals surface area (Å²) in [5.41, 5.74) is 2.74. The lowest BCUT2D eigenvalue weighted by Crippen LogP contribution is -2.17. The summed E-state index contributed by atoms with van der Waals surface area (Å²) in [7, 11) is -3.26. The van der Waals surface area contributed by atoms with E-state index in [0.717, 1.165) is 24.2 Å². The van der Waals surface area contributed by atoms with Crippen LogP contribution in [0.25, 0.3) is 5.69 Å². The second kappa shape index (κ2) is 7.24. The first-order valence-electron chi connectivity index (χ1n) is 9.27. The quantitative estimate of drug-likeness (QED) is 0.688. The number of aromatic nitrogens is 2. The Balaban J connectivity index is 1.61. The van der Waals surface area contributed by atoms with Crippen molar-refractivity contribution in [3.8, 4) is 5.69 Å². The molecule has 1 heterocycles. The van der Waals surface area contributed by atoms with Gasteiger partial charge < -0.3 is 5.32 Å². The van der Waals surface area contributed by atoms with Gasteiger partial charge in [0.05, 0.1) is 22.0 Å². The highest BCUT2D eigenvalue weighted by Crippen LogP contribution is 2.39. The van der Waals surface area contributed by atoms with Crippen molar-refractivity contribution < 1.29 is 13.2 Å². The lowest BCUT2D eigenvalue weighted by atomic mass is 10.2. The van der Waals surface area contributed by atoms with Crippen molar-refractivity contribution in [2.45, 2.75) is 30.6 Å². The number of benzene rings is 2. The molecule has 1 fully saturated rings. The topological polar surface area (TPSA) is 81.1 Å². The fraction of sp³-hybridized carbons (Fsp3) is 0.238. The molecule has 1 N–H and O–H groups in total. The van der Waals surface area contributed by atoms with Gasteiger partial charge in [0, 0.05) is 11.6 Å². The van der Waals surface area contributed by atoms with Gasteiger partial charge in [-0.3, -0.25) is 4.79 Å². The Hall–Kier alpha value is -2.93. The van der Waals surface area contributed by atoms with Crippen LogP contribution in [0.5, 0.6) is 0 Å². The van der Waals surface area contributed by atoms with Gasteiger partial charge >= 0.3 is 0 Å². The number of hydrogen-bond acceptors (Lipinski definition) is 4. The highest BCUT2D eigenvalue weighted by atomic mass is 32.2. The summed E-state index contributed by atoms with van der Waals surface area (Å²) in [6, 6.07) is 17.6. The van der Waals surface area contributed by atoms with Crippen LogP contribution in [0.15, 0.2) is 65.6 Å². The van der Waals surface area contributed by atoms with Gasteiger partial charge in [-0.2, -0.15) is 5.10 Å². The molecule has 0 unspecified atom stereocenters. The van der Waals surface area contributed by atoms with E-state index in [1.54, 1.807) is 23.7 Å². The molecule has 3 aromatic rings. The maximum Gasteiger partial charge on any atom is 0.274 e. The molecule has 28 heavy (non-hydrogen) atoms. The summed E-state index contributed by atoms with van der Waals surface area (Å²) < 4.78 is 25.5. The number of carbonyl (C=O) groups is 1. The second-order valence-corrected chi connectivity index (χ2v) is 9.14. The molecule has 0 atom stereocenters. The van der Waals surface area contributed by atoms with E-state index in [1.807, 2.05) is 36.4 Å². The number of sulfone groups is 1. The molecule has 7 heteroatoms. The third-order valence-electron chi connectivity index (χ3n) is 4.81. The summed E-state index contributed by atoms with van der Waals surface area (Å²) in [5, 5.41) is 7.48. The number of nitrogens with one attached hydrogen (secondary N) is 1. The molecule has 144 valence electrons. The predicted octanol–water partition coefficient (Wildman–Crippen LogP) is 3.80. The predicted molar refractivity (Wildman–Crippen MR) is 108 cm³/mol. The van der Waals surface area contributed by atoms with Gasteiger partial charge in [0.1, 0.15) is 5.69 Å². The first kappa shape index (κ1) is 18.4. The van der Waals surface area contributed by atoms with E-state index in [1.165, 1.54) is 12.1 Å². The van der Waals surface area contributed by atoms with Crippen LogP contribution in [0, 0.1) is 0 Å². The van der Waals surface area contributed by atoms with E-state index >= 15 is 0 Å². The molecule has 1 saturated carbocycles. The van der Waals surface area contributed by atoms with Crippen LogP contribution in [0.4, 0.5) is 5.69 Å². The summed E-state index contributed by atoms with van der Waals surface area (Å²) in [6.45, 7) is 1.60. The molecule has 1 aromatic heterocycles. The van der Waals surface area contributed by atoms with E-state index in [4.69, 9.17) is 0 Å². The van der Waals surface area contributed by atoms with Crippen molar-refractivity contribution in [3.63, 3.8) is 0 Å². The number of rotatable bonds is 6. The Morgan fingerprint density at radius 2 is 1.79 bits per heavy atom. The SMILES string of the molecule is CCS(=O)(=O)c1ccc(NC(=O)c2cc(C3CC3)nn2-c2ccccc2)cc1. The second-order valence-electron chi connectivity index (χ2n) is 6.86. The van der Waals surface area contributed by atoms with Crippen LogP contribution >= 0.6 is 0 Å². The average Bonchev–Trinajstić information content (AvgIpc) is 3.47. The minimum atomic E-state index is -3.26. The lowest BCUT2D eigenvalue weighted by Gasteiger charge is -2.09. The molecule has 1 aliphatic rings. The molecule has 6 nitrogen and oxygen atoms in total. The molecular formula is C21H21N3O3S. The van der Waals surface area contributed by atoms with Crippen LogP contribution in [-0.4, -0.2) is 29.9 Å². The van der Waals surface area contributed by atoms with Crippen molar-refractivity contribution in [2.75, 3.05) is 11.1 Å². The van der Waals surface area contributed by atoms with Gasteiger partial charge in [0.15, 0.2) is 9.84 Å². The molecule has 1 aliphatic carbocycles. The monoisotopic (exact) mass is 395 g/mol. The molecule has 0 radical (unpaired) electrons. The zero-order chi connectivity index (χ0) is 19.7. The molecule has 0 spiro atoms. The first-order chi connectivity index (χ1) is 13.5. The zero-order valence-corrected chi connectivity index (χ0v) is 16.3. The third kappa shape index (κ3) is 3.71. The molecule has 4 rings (SSSR count). The Kier molecular flexibility index (Phi) is 4.77. The maximum absolute atomic E-state index is 12.9. The van der Waals surface area contributed by atoms with Crippen molar-refractivity contribution in [2.24, 2.45) is 0 Å². The Morgan fingerprint density at radius 3 is 2.39 bits per heavy atom. The fourth-order valence-electron chi connectivity index (χ4n) is 3.01. The molecule has 1 amide bonds. The smallest absolute Gasteiger partial charge is 0.274 e. The third-order valence-corrected chi connectivity index (χ3v) is 6.56. The summed E-state index contributed by atoms with van der Waals surface area (Å²) in [5.74, 6) is 0.184. The highest BCUT2D eigenvalue weighted by molar-refractivity contribution is 7.91. The lowest BCUT2D eigenvalue weighted by molar-refractivity contribution is 0.101. The minimum absolute atomic E-state index is 0.0406. The van der Waals surface area contributed by atoms with Gasteiger partial charge in [-0.25, -0.2) is 13.1 Å². The molecule has 2 aromatic carbocycles. The van der Waals surface area contributed by atoms with Crippen LogP contribution in [0.1, 0.15) is 41.9 Å². The molecular weight excluding hydrogens is 374 g/mol.